The van der Waals surface area contributed by atoms with Crippen LogP contribution < -0.4 is 5.32 Å². The highest BCUT2D eigenvalue weighted by molar-refractivity contribution is 9.10. The second-order valence-electron chi connectivity index (χ2n) is 3.62. The van der Waals surface area contributed by atoms with Crippen molar-refractivity contribution in [3.05, 3.63) is 40.0 Å². The van der Waals surface area contributed by atoms with Gasteiger partial charge in [0, 0.05) is 13.5 Å². The predicted octanol–water partition coefficient (Wildman–Crippen LogP) is 2.14. The van der Waals surface area contributed by atoms with Gasteiger partial charge in [0.15, 0.2) is 5.82 Å². The lowest BCUT2D eigenvalue weighted by atomic mass is 10.2. The number of aromatic nitrogens is 2. The van der Waals surface area contributed by atoms with Crippen LogP contribution in [-0.4, -0.2) is 15.2 Å². The van der Waals surface area contributed by atoms with Crippen LogP contribution in [0.25, 0.3) is 0 Å². The molecule has 0 fully saturated rings. The summed E-state index contributed by atoms with van der Waals surface area (Å²) in [6.07, 6.45) is 0. The molecule has 1 heterocycles. The molecule has 0 saturated carbocycles. The molecule has 0 aliphatic carbocycles. The molecule has 6 heteroatoms. The van der Waals surface area contributed by atoms with Crippen molar-refractivity contribution in [2.75, 3.05) is 0 Å². The molecule has 0 amide bonds. The van der Waals surface area contributed by atoms with Gasteiger partial charge in [-0.25, -0.2) is 0 Å². The third-order valence-electron chi connectivity index (χ3n) is 2.19. The van der Waals surface area contributed by atoms with E-state index in [2.05, 4.69) is 31.4 Å². The molecule has 0 radical (unpaired) electrons. The monoisotopic (exact) mass is 297 g/mol. The van der Waals surface area contributed by atoms with Crippen LogP contribution in [-0.2, 0) is 13.1 Å². The number of aromatic hydroxyl groups is 1. The summed E-state index contributed by atoms with van der Waals surface area (Å²) >= 11 is 3.27. The summed E-state index contributed by atoms with van der Waals surface area (Å²) in [5, 5.41) is 16.3. The average Bonchev–Trinajstić information content (AvgIpc) is 2.70. The molecule has 17 heavy (non-hydrogen) atoms. The third-order valence-corrected chi connectivity index (χ3v) is 2.83. The number of hydrogen-bond donors (Lipinski definition) is 2. The maximum absolute atomic E-state index is 9.35. The molecule has 0 bridgehead atoms. The SMILES string of the molecule is Cc1nc(CNCc2ccc(O)c(Br)c2)no1. The summed E-state index contributed by atoms with van der Waals surface area (Å²) in [5.74, 6) is 1.44. The van der Waals surface area contributed by atoms with Crippen molar-refractivity contribution in [2.24, 2.45) is 0 Å². The van der Waals surface area contributed by atoms with E-state index >= 15 is 0 Å². The van der Waals surface area contributed by atoms with Crippen molar-refractivity contribution in [1.82, 2.24) is 15.5 Å². The van der Waals surface area contributed by atoms with Gasteiger partial charge in [-0.1, -0.05) is 11.2 Å². The molecule has 0 aliphatic rings. The highest BCUT2D eigenvalue weighted by Gasteiger charge is 2.02. The van der Waals surface area contributed by atoms with Gasteiger partial charge in [0.1, 0.15) is 5.75 Å². The molecule has 90 valence electrons. The van der Waals surface area contributed by atoms with Gasteiger partial charge in [0.05, 0.1) is 11.0 Å². The van der Waals surface area contributed by atoms with Gasteiger partial charge in [0.25, 0.3) is 0 Å². The second-order valence-corrected chi connectivity index (χ2v) is 4.47. The zero-order valence-corrected chi connectivity index (χ0v) is 10.9. The van der Waals surface area contributed by atoms with Crippen LogP contribution >= 0.6 is 15.9 Å². The maximum Gasteiger partial charge on any atom is 0.223 e. The molecular formula is C11H12BrN3O2. The van der Waals surface area contributed by atoms with Crippen molar-refractivity contribution >= 4 is 15.9 Å². The normalized spacial score (nSPS) is 10.7. The smallest absolute Gasteiger partial charge is 0.223 e. The Morgan fingerprint density at radius 1 is 1.41 bits per heavy atom. The Hall–Kier alpha value is -1.40. The summed E-state index contributed by atoms with van der Waals surface area (Å²) in [6, 6.07) is 5.37. The van der Waals surface area contributed by atoms with E-state index in [-0.39, 0.29) is 5.75 Å². The van der Waals surface area contributed by atoms with E-state index in [0.29, 0.717) is 29.3 Å². The van der Waals surface area contributed by atoms with Crippen LogP contribution in [0.1, 0.15) is 17.3 Å². The van der Waals surface area contributed by atoms with Gasteiger partial charge < -0.3 is 14.9 Å². The van der Waals surface area contributed by atoms with E-state index in [1.54, 1.807) is 13.0 Å². The number of hydrogen-bond acceptors (Lipinski definition) is 5. The molecule has 5 nitrogen and oxygen atoms in total. The molecular weight excluding hydrogens is 286 g/mol. The maximum atomic E-state index is 9.35. The Bertz CT molecular complexity index is 513. The first-order valence-corrected chi connectivity index (χ1v) is 5.92. The summed E-state index contributed by atoms with van der Waals surface area (Å²) in [4.78, 5) is 4.08. The van der Waals surface area contributed by atoms with Crippen LogP contribution in [0.5, 0.6) is 5.75 Å². The fourth-order valence-electron chi connectivity index (χ4n) is 1.39. The summed E-state index contributed by atoms with van der Waals surface area (Å²) in [5.41, 5.74) is 1.06. The summed E-state index contributed by atoms with van der Waals surface area (Å²) in [6.45, 7) is 2.98. The first kappa shape index (κ1) is 12.1. The van der Waals surface area contributed by atoms with Crippen LogP contribution in [0.3, 0.4) is 0 Å². The van der Waals surface area contributed by atoms with Gasteiger partial charge >= 0.3 is 0 Å². The number of benzene rings is 1. The lowest BCUT2D eigenvalue weighted by molar-refractivity contribution is 0.385. The molecule has 1 aromatic carbocycles. The third kappa shape index (κ3) is 3.28. The molecule has 2 aromatic rings. The minimum atomic E-state index is 0.238. The Balaban J connectivity index is 1.87. The van der Waals surface area contributed by atoms with Crippen molar-refractivity contribution in [1.29, 1.82) is 0 Å². The van der Waals surface area contributed by atoms with Crippen molar-refractivity contribution < 1.29 is 9.63 Å². The van der Waals surface area contributed by atoms with E-state index in [1.807, 2.05) is 12.1 Å². The van der Waals surface area contributed by atoms with Crippen molar-refractivity contribution in [2.45, 2.75) is 20.0 Å². The van der Waals surface area contributed by atoms with E-state index in [0.717, 1.165) is 5.56 Å². The lowest BCUT2D eigenvalue weighted by Gasteiger charge is -2.04. The van der Waals surface area contributed by atoms with Gasteiger partial charge in [-0.2, -0.15) is 4.98 Å². The number of nitrogens with one attached hydrogen (secondary N) is 1. The van der Waals surface area contributed by atoms with Crippen LogP contribution in [0.4, 0.5) is 0 Å². The standard InChI is InChI=1S/C11H12BrN3O2/c1-7-14-11(15-17-7)6-13-5-8-2-3-10(16)9(12)4-8/h2-4,13,16H,5-6H2,1H3. The Morgan fingerprint density at radius 2 is 2.24 bits per heavy atom. The first-order valence-electron chi connectivity index (χ1n) is 5.12. The lowest BCUT2D eigenvalue weighted by Crippen LogP contribution is -2.13. The van der Waals surface area contributed by atoms with Crippen LogP contribution in [0.15, 0.2) is 27.2 Å². The summed E-state index contributed by atoms with van der Waals surface area (Å²) in [7, 11) is 0. The van der Waals surface area contributed by atoms with Gasteiger partial charge in [-0.05, 0) is 33.6 Å². The molecule has 0 spiro atoms. The fourth-order valence-corrected chi connectivity index (χ4v) is 1.82. The molecule has 2 N–H and O–H groups in total. The Kier molecular flexibility index (Phi) is 3.75. The first-order chi connectivity index (χ1) is 8.15. The zero-order valence-electron chi connectivity index (χ0n) is 9.27. The number of nitrogens with zero attached hydrogens (tertiary/aromatic N) is 2. The quantitative estimate of drug-likeness (QED) is 0.905. The van der Waals surface area contributed by atoms with Gasteiger partial charge in [-0.3, -0.25) is 0 Å². The number of phenolic OH excluding ortho intramolecular Hbond substituents is 1. The predicted molar refractivity (Wildman–Crippen MR) is 65.4 cm³/mol. The molecule has 0 atom stereocenters. The van der Waals surface area contributed by atoms with Gasteiger partial charge in [0.2, 0.25) is 5.89 Å². The topological polar surface area (TPSA) is 71.2 Å². The highest BCUT2D eigenvalue weighted by atomic mass is 79.9. The molecule has 0 unspecified atom stereocenters. The van der Waals surface area contributed by atoms with E-state index < -0.39 is 0 Å². The number of rotatable bonds is 4. The van der Waals surface area contributed by atoms with Crippen molar-refractivity contribution in [3.63, 3.8) is 0 Å². The molecule has 0 saturated heterocycles. The van der Waals surface area contributed by atoms with Crippen LogP contribution in [0, 0.1) is 6.92 Å². The highest BCUT2D eigenvalue weighted by Crippen LogP contribution is 2.24. The number of halogens is 1. The Morgan fingerprint density at radius 3 is 2.88 bits per heavy atom. The van der Waals surface area contributed by atoms with Gasteiger partial charge in [-0.15, -0.1) is 0 Å². The number of phenols is 1. The Labute approximate surface area is 107 Å². The van der Waals surface area contributed by atoms with E-state index in [4.69, 9.17) is 4.52 Å². The second kappa shape index (κ2) is 5.29. The average molecular weight is 298 g/mol. The summed E-state index contributed by atoms with van der Waals surface area (Å²) < 4.78 is 5.55. The van der Waals surface area contributed by atoms with Crippen LogP contribution in [0.2, 0.25) is 0 Å². The molecule has 0 aliphatic heterocycles. The number of aryl methyl sites for hydroxylation is 1. The minimum Gasteiger partial charge on any atom is -0.507 e. The minimum absolute atomic E-state index is 0.238. The largest absolute Gasteiger partial charge is 0.507 e. The fraction of sp³-hybridized carbons (Fsp3) is 0.273. The van der Waals surface area contributed by atoms with E-state index in [9.17, 15) is 5.11 Å². The van der Waals surface area contributed by atoms with Crippen molar-refractivity contribution in [3.8, 4) is 5.75 Å². The molecule has 2 rings (SSSR count). The van der Waals surface area contributed by atoms with E-state index in [1.165, 1.54) is 0 Å². The zero-order chi connectivity index (χ0) is 12.3. The molecule has 1 aromatic heterocycles.